The number of rotatable bonds is 4. The van der Waals surface area contributed by atoms with E-state index in [1.165, 1.54) is 5.56 Å². The van der Waals surface area contributed by atoms with Crippen LogP contribution in [0.5, 0.6) is 0 Å². The van der Waals surface area contributed by atoms with E-state index in [4.69, 9.17) is 10.2 Å². The summed E-state index contributed by atoms with van der Waals surface area (Å²) >= 11 is 0. The first-order valence-corrected chi connectivity index (χ1v) is 8.05. The number of carbonyl (C=O) groups is 1. The largest absolute Gasteiger partial charge is 0.467 e. The molecule has 0 unspecified atom stereocenters. The molecule has 1 amide bonds. The van der Waals surface area contributed by atoms with E-state index in [0.29, 0.717) is 12.1 Å². The topological polar surface area (TPSA) is 61.2 Å². The van der Waals surface area contributed by atoms with Crippen LogP contribution in [0, 0.1) is 0 Å². The summed E-state index contributed by atoms with van der Waals surface area (Å²) in [4.78, 5) is 11.9. The Kier molecular flexibility index (Phi) is 3.38. The van der Waals surface area contributed by atoms with Gasteiger partial charge in [-0.05, 0) is 42.3 Å². The van der Waals surface area contributed by atoms with Crippen LogP contribution < -0.4 is 5.73 Å². The monoisotopic (exact) mass is 318 g/mol. The van der Waals surface area contributed by atoms with Crippen LogP contribution in [0.3, 0.4) is 0 Å². The van der Waals surface area contributed by atoms with Gasteiger partial charge in [-0.2, -0.15) is 0 Å². The molecule has 0 saturated heterocycles. The van der Waals surface area contributed by atoms with Gasteiger partial charge >= 0.3 is 0 Å². The van der Waals surface area contributed by atoms with Crippen molar-refractivity contribution in [3.8, 4) is 0 Å². The number of benzene rings is 2. The number of carbonyl (C=O) groups excluding carboxylic acids is 1. The number of fused-ring (bicyclic) bond motifs is 3. The van der Waals surface area contributed by atoms with Crippen LogP contribution in [0.4, 0.5) is 0 Å². The Balaban J connectivity index is 2.09. The van der Waals surface area contributed by atoms with E-state index < -0.39 is 5.91 Å². The fraction of sp³-hybridized carbons (Fsp3) is 0.150. The average molecular weight is 318 g/mol. The Morgan fingerprint density at radius 1 is 1.12 bits per heavy atom. The van der Waals surface area contributed by atoms with Crippen LogP contribution in [-0.2, 0) is 13.0 Å². The molecule has 0 radical (unpaired) electrons. The van der Waals surface area contributed by atoms with Gasteiger partial charge in [0.05, 0.1) is 18.3 Å². The lowest BCUT2D eigenvalue weighted by atomic mass is 10.0. The molecule has 4 aromatic rings. The lowest BCUT2D eigenvalue weighted by Gasteiger charge is -2.06. The number of aromatic nitrogens is 1. The third-order valence-electron chi connectivity index (χ3n) is 4.52. The van der Waals surface area contributed by atoms with Gasteiger partial charge in [-0.15, -0.1) is 0 Å². The molecule has 4 rings (SSSR count). The molecule has 2 heterocycles. The van der Waals surface area contributed by atoms with Crippen LogP contribution in [0.2, 0.25) is 0 Å². The van der Waals surface area contributed by atoms with Gasteiger partial charge in [0.25, 0.3) is 0 Å². The molecule has 120 valence electrons. The molecule has 4 heteroatoms. The van der Waals surface area contributed by atoms with E-state index in [-0.39, 0.29) is 0 Å². The van der Waals surface area contributed by atoms with Crippen LogP contribution in [0.1, 0.15) is 28.6 Å². The Hall–Kier alpha value is -3.01. The first-order valence-electron chi connectivity index (χ1n) is 8.05. The maximum Gasteiger partial charge on any atom is 0.249 e. The van der Waals surface area contributed by atoms with Crippen molar-refractivity contribution in [3.05, 3.63) is 71.7 Å². The molecule has 2 aromatic carbocycles. The van der Waals surface area contributed by atoms with Gasteiger partial charge in [0.15, 0.2) is 0 Å². The second-order valence-corrected chi connectivity index (χ2v) is 5.93. The summed E-state index contributed by atoms with van der Waals surface area (Å²) in [6, 6.07) is 15.9. The highest BCUT2D eigenvalue weighted by molar-refractivity contribution is 6.17. The normalized spacial score (nSPS) is 11.4. The first kappa shape index (κ1) is 14.6. The van der Waals surface area contributed by atoms with Gasteiger partial charge in [-0.25, -0.2) is 0 Å². The van der Waals surface area contributed by atoms with Crippen molar-refractivity contribution in [2.24, 2.45) is 5.73 Å². The number of amides is 1. The summed E-state index contributed by atoms with van der Waals surface area (Å²) in [6.07, 6.45) is 2.64. The van der Waals surface area contributed by atoms with Crippen molar-refractivity contribution in [2.75, 3.05) is 0 Å². The number of primary amides is 1. The maximum absolute atomic E-state index is 11.9. The van der Waals surface area contributed by atoms with E-state index in [2.05, 4.69) is 29.7 Å². The summed E-state index contributed by atoms with van der Waals surface area (Å²) in [6.45, 7) is 2.75. The van der Waals surface area contributed by atoms with Crippen LogP contribution in [0.25, 0.3) is 21.8 Å². The minimum absolute atomic E-state index is 0.405. The zero-order chi connectivity index (χ0) is 16.7. The van der Waals surface area contributed by atoms with Crippen molar-refractivity contribution in [2.45, 2.75) is 19.9 Å². The highest BCUT2D eigenvalue weighted by atomic mass is 16.3. The van der Waals surface area contributed by atoms with Crippen molar-refractivity contribution in [1.29, 1.82) is 0 Å². The van der Waals surface area contributed by atoms with Crippen molar-refractivity contribution in [1.82, 2.24) is 4.57 Å². The molecular formula is C20H18N2O2. The number of nitrogens with zero attached hydrogens (tertiary/aromatic N) is 1. The minimum atomic E-state index is -0.405. The molecule has 0 bridgehead atoms. The zero-order valence-corrected chi connectivity index (χ0v) is 13.5. The van der Waals surface area contributed by atoms with Crippen molar-refractivity contribution in [3.63, 3.8) is 0 Å². The molecule has 0 aliphatic rings. The summed E-state index contributed by atoms with van der Waals surface area (Å²) in [5, 5.41) is 1.96. The molecule has 0 atom stereocenters. The standard InChI is InChI=1S/C20H18N2O2/c1-2-13-8-9-15-18(11-13)22(12-14-5-4-10-24-14)17-7-3-6-16(19(15)17)20(21)23/h3-11H,2,12H2,1H3,(H2,21,23). The number of hydrogen-bond donors (Lipinski definition) is 1. The molecule has 0 saturated carbocycles. The molecule has 2 aromatic heterocycles. The number of hydrogen-bond acceptors (Lipinski definition) is 2. The van der Waals surface area contributed by atoms with E-state index >= 15 is 0 Å². The second-order valence-electron chi connectivity index (χ2n) is 5.93. The number of furan rings is 1. The first-order chi connectivity index (χ1) is 11.7. The fourth-order valence-corrected chi connectivity index (χ4v) is 3.34. The quantitative estimate of drug-likeness (QED) is 0.616. The van der Waals surface area contributed by atoms with E-state index in [0.717, 1.165) is 34.0 Å². The molecule has 0 fully saturated rings. The Bertz CT molecular complexity index is 1040. The summed E-state index contributed by atoms with van der Waals surface area (Å²) in [7, 11) is 0. The highest BCUT2D eigenvalue weighted by Gasteiger charge is 2.17. The molecule has 0 spiro atoms. The second kappa shape index (κ2) is 5.57. The van der Waals surface area contributed by atoms with E-state index in [1.807, 2.05) is 24.3 Å². The lowest BCUT2D eigenvalue weighted by Crippen LogP contribution is -2.11. The van der Waals surface area contributed by atoms with Crippen LogP contribution >= 0.6 is 0 Å². The molecule has 0 aliphatic heterocycles. The van der Waals surface area contributed by atoms with Gasteiger partial charge in [0.1, 0.15) is 5.76 Å². The smallest absolute Gasteiger partial charge is 0.249 e. The molecule has 4 nitrogen and oxygen atoms in total. The number of aryl methyl sites for hydroxylation is 1. The summed E-state index contributed by atoms with van der Waals surface area (Å²) in [5.41, 5.74) is 9.50. The summed E-state index contributed by atoms with van der Waals surface area (Å²) < 4.78 is 7.72. The predicted molar refractivity (Wildman–Crippen MR) is 95.1 cm³/mol. The SMILES string of the molecule is CCc1ccc2c3c(C(N)=O)cccc3n(Cc3ccco3)c2c1. The molecule has 24 heavy (non-hydrogen) atoms. The third kappa shape index (κ3) is 2.19. The summed E-state index contributed by atoms with van der Waals surface area (Å²) in [5.74, 6) is 0.470. The number of nitrogens with two attached hydrogens (primary N) is 1. The minimum Gasteiger partial charge on any atom is -0.467 e. The van der Waals surface area contributed by atoms with E-state index in [9.17, 15) is 4.79 Å². The predicted octanol–water partition coefficient (Wildman–Crippen LogP) is 4.10. The average Bonchev–Trinajstić information content (AvgIpc) is 3.21. The zero-order valence-electron chi connectivity index (χ0n) is 13.5. The van der Waals surface area contributed by atoms with Crippen molar-refractivity contribution < 1.29 is 9.21 Å². The Morgan fingerprint density at radius 3 is 2.71 bits per heavy atom. The van der Waals surface area contributed by atoms with Crippen LogP contribution in [0.15, 0.2) is 59.2 Å². The third-order valence-corrected chi connectivity index (χ3v) is 4.52. The van der Waals surface area contributed by atoms with Crippen molar-refractivity contribution >= 4 is 27.7 Å². The molecule has 0 aliphatic carbocycles. The van der Waals surface area contributed by atoms with Gasteiger partial charge in [0, 0.05) is 21.9 Å². The fourth-order valence-electron chi connectivity index (χ4n) is 3.34. The maximum atomic E-state index is 11.9. The molecule has 2 N–H and O–H groups in total. The Labute approximate surface area is 139 Å². The molecular weight excluding hydrogens is 300 g/mol. The Morgan fingerprint density at radius 2 is 2.00 bits per heavy atom. The van der Waals surface area contributed by atoms with Gasteiger partial charge in [-0.3, -0.25) is 4.79 Å². The van der Waals surface area contributed by atoms with Gasteiger partial charge in [-0.1, -0.05) is 25.1 Å². The van der Waals surface area contributed by atoms with Gasteiger partial charge < -0.3 is 14.7 Å². The van der Waals surface area contributed by atoms with E-state index in [1.54, 1.807) is 12.3 Å². The van der Waals surface area contributed by atoms with Gasteiger partial charge in [0.2, 0.25) is 5.91 Å². The van der Waals surface area contributed by atoms with Crippen LogP contribution in [-0.4, -0.2) is 10.5 Å². The lowest BCUT2D eigenvalue weighted by molar-refractivity contribution is 0.100. The highest BCUT2D eigenvalue weighted by Crippen LogP contribution is 2.33.